The standard InChI is InChI=1S/C23H23ClFN3O2S/c1-12-4-3-5-19(13(12)2)26-21(29)14-6-8-16-20(10-14)27-23(31)28(22(16)30)15-7-9-18(25)17(24)11-15/h6-13,19H,3-5H2,1-2H3,(H,26,29)(H,27,31)/t12-,13+,19-/m1/s1. The zero-order valence-electron chi connectivity index (χ0n) is 17.2. The average Bonchev–Trinajstić information content (AvgIpc) is 2.73. The van der Waals surface area contributed by atoms with E-state index in [2.05, 4.69) is 24.1 Å². The zero-order chi connectivity index (χ0) is 22.3. The van der Waals surface area contributed by atoms with Gasteiger partial charge in [0.1, 0.15) is 5.82 Å². The second-order valence-corrected chi connectivity index (χ2v) is 9.07. The predicted octanol–water partition coefficient (Wildman–Crippen LogP) is 5.40. The number of carbonyl (C=O) groups excluding carboxylic acids is 1. The molecular weight excluding hydrogens is 437 g/mol. The third-order valence-corrected chi connectivity index (χ3v) is 6.92. The van der Waals surface area contributed by atoms with Crippen LogP contribution >= 0.6 is 23.8 Å². The van der Waals surface area contributed by atoms with Gasteiger partial charge in [-0.25, -0.2) is 4.39 Å². The summed E-state index contributed by atoms with van der Waals surface area (Å²) in [5, 5.41) is 3.41. The molecule has 1 aliphatic rings. The van der Waals surface area contributed by atoms with Gasteiger partial charge in [0.05, 0.1) is 21.6 Å². The average molecular weight is 460 g/mol. The Morgan fingerprint density at radius 1 is 1.23 bits per heavy atom. The number of carbonyl (C=O) groups is 1. The van der Waals surface area contributed by atoms with E-state index < -0.39 is 5.82 Å². The van der Waals surface area contributed by atoms with E-state index in [-0.39, 0.29) is 27.3 Å². The quantitative estimate of drug-likeness (QED) is 0.515. The van der Waals surface area contributed by atoms with Crippen molar-refractivity contribution in [2.75, 3.05) is 0 Å². The molecule has 1 aromatic heterocycles. The molecule has 0 saturated heterocycles. The van der Waals surface area contributed by atoms with Crippen LogP contribution in [0.25, 0.3) is 16.6 Å². The van der Waals surface area contributed by atoms with Gasteiger partial charge in [0.15, 0.2) is 4.77 Å². The van der Waals surface area contributed by atoms with Crippen LogP contribution in [0.4, 0.5) is 4.39 Å². The summed E-state index contributed by atoms with van der Waals surface area (Å²) in [5.41, 5.74) is 0.924. The number of aromatic nitrogens is 2. The van der Waals surface area contributed by atoms with Crippen molar-refractivity contribution in [2.45, 2.75) is 39.2 Å². The van der Waals surface area contributed by atoms with Crippen molar-refractivity contribution in [3.63, 3.8) is 0 Å². The summed E-state index contributed by atoms with van der Waals surface area (Å²) in [5.74, 6) is 0.247. The number of hydrogen-bond donors (Lipinski definition) is 2. The van der Waals surface area contributed by atoms with Crippen molar-refractivity contribution in [3.8, 4) is 5.69 Å². The van der Waals surface area contributed by atoms with Crippen molar-refractivity contribution in [1.29, 1.82) is 0 Å². The van der Waals surface area contributed by atoms with Gasteiger partial charge in [-0.1, -0.05) is 38.3 Å². The summed E-state index contributed by atoms with van der Waals surface area (Å²) < 4.78 is 14.9. The minimum atomic E-state index is -0.577. The maximum atomic E-state index is 13.5. The maximum Gasteiger partial charge on any atom is 0.266 e. The highest BCUT2D eigenvalue weighted by molar-refractivity contribution is 7.71. The molecule has 4 rings (SSSR count). The molecule has 0 aliphatic heterocycles. The number of fused-ring (bicyclic) bond motifs is 1. The molecule has 162 valence electrons. The fourth-order valence-corrected chi connectivity index (χ4v) is 4.73. The van der Waals surface area contributed by atoms with Crippen LogP contribution < -0.4 is 10.9 Å². The predicted molar refractivity (Wildman–Crippen MR) is 123 cm³/mol. The summed E-state index contributed by atoms with van der Waals surface area (Å²) in [6, 6.07) is 8.99. The van der Waals surface area contributed by atoms with E-state index in [0.717, 1.165) is 12.8 Å². The molecule has 1 aliphatic carbocycles. The number of amides is 1. The summed E-state index contributed by atoms with van der Waals surface area (Å²) in [6.07, 6.45) is 3.26. The van der Waals surface area contributed by atoms with Crippen LogP contribution in [0.1, 0.15) is 43.5 Å². The van der Waals surface area contributed by atoms with Gasteiger partial charge in [-0.05, 0) is 66.9 Å². The number of nitrogens with zero attached hydrogens (tertiary/aromatic N) is 1. The van der Waals surface area contributed by atoms with Gasteiger partial charge in [-0.2, -0.15) is 0 Å². The largest absolute Gasteiger partial charge is 0.349 e. The number of rotatable bonds is 3. The lowest BCUT2D eigenvalue weighted by Crippen LogP contribution is -2.43. The van der Waals surface area contributed by atoms with Gasteiger partial charge >= 0.3 is 0 Å². The molecule has 0 unspecified atom stereocenters. The lowest BCUT2D eigenvalue weighted by molar-refractivity contribution is 0.0891. The monoisotopic (exact) mass is 459 g/mol. The molecule has 0 radical (unpaired) electrons. The van der Waals surface area contributed by atoms with E-state index in [9.17, 15) is 14.0 Å². The molecule has 1 amide bonds. The molecule has 31 heavy (non-hydrogen) atoms. The third-order valence-electron chi connectivity index (χ3n) is 6.34. The van der Waals surface area contributed by atoms with Crippen LogP contribution in [0.2, 0.25) is 5.02 Å². The molecule has 0 bridgehead atoms. The topological polar surface area (TPSA) is 66.9 Å². The highest BCUT2D eigenvalue weighted by Crippen LogP contribution is 2.29. The first-order valence-electron chi connectivity index (χ1n) is 10.3. The number of benzene rings is 2. The van der Waals surface area contributed by atoms with Gasteiger partial charge in [-0.15, -0.1) is 0 Å². The second kappa shape index (κ2) is 8.55. The fourth-order valence-electron chi connectivity index (χ4n) is 4.26. The lowest BCUT2D eigenvalue weighted by Gasteiger charge is -2.34. The van der Waals surface area contributed by atoms with E-state index in [1.807, 2.05) is 0 Å². The molecule has 2 N–H and O–H groups in total. The molecule has 1 saturated carbocycles. The normalized spacial score (nSPS) is 21.2. The summed E-state index contributed by atoms with van der Waals surface area (Å²) >= 11 is 11.2. The Balaban J connectivity index is 1.69. The van der Waals surface area contributed by atoms with Gasteiger partial charge in [-0.3, -0.25) is 14.2 Å². The minimum absolute atomic E-state index is 0.0998. The van der Waals surface area contributed by atoms with E-state index in [4.69, 9.17) is 23.8 Å². The Bertz CT molecular complexity index is 1290. The van der Waals surface area contributed by atoms with Crippen molar-refractivity contribution in [3.05, 3.63) is 67.9 Å². The van der Waals surface area contributed by atoms with Crippen LogP contribution in [0.5, 0.6) is 0 Å². The first-order chi connectivity index (χ1) is 14.8. The fraction of sp³-hybridized carbons (Fsp3) is 0.348. The van der Waals surface area contributed by atoms with E-state index in [1.54, 1.807) is 18.2 Å². The van der Waals surface area contributed by atoms with E-state index >= 15 is 0 Å². The number of H-pyrrole nitrogens is 1. The molecule has 3 aromatic rings. The van der Waals surface area contributed by atoms with Crippen LogP contribution in [-0.4, -0.2) is 21.5 Å². The van der Waals surface area contributed by atoms with E-state index in [0.29, 0.717) is 34.0 Å². The van der Waals surface area contributed by atoms with Crippen molar-refractivity contribution in [1.82, 2.24) is 14.9 Å². The van der Waals surface area contributed by atoms with Crippen molar-refractivity contribution in [2.24, 2.45) is 11.8 Å². The Morgan fingerprint density at radius 3 is 2.74 bits per heavy atom. The second-order valence-electron chi connectivity index (χ2n) is 8.28. The number of aromatic amines is 1. The molecule has 1 heterocycles. The maximum absolute atomic E-state index is 13.5. The van der Waals surface area contributed by atoms with Crippen molar-refractivity contribution < 1.29 is 9.18 Å². The van der Waals surface area contributed by atoms with Crippen LogP contribution in [0.3, 0.4) is 0 Å². The number of nitrogens with one attached hydrogen (secondary N) is 2. The first kappa shape index (κ1) is 21.7. The third kappa shape index (κ3) is 4.16. The summed E-state index contributed by atoms with van der Waals surface area (Å²) in [7, 11) is 0. The Morgan fingerprint density at radius 2 is 2.00 bits per heavy atom. The van der Waals surface area contributed by atoms with E-state index in [1.165, 1.54) is 29.2 Å². The lowest BCUT2D eigenvalue weighted by atomic mass is 9.78. The highest BCUT2D eigenvalue weighted by Gasteiger charge is 2.28. The van der Waals surface area contributed by atoms with Crippen molar-refractivity contribution >= 4 is 40.6 Å². The number of hydrogen-bond acceptors (Lipinski definition) is 3. The molecule has 0 spiro atoms. The molecular formula is C23H23ClFN3O2S. The summed E-state index contributed by atoms with van der Waals surface area (Å²) in [4.78, 5) is 28.9. The Labute approximate surface area is 189 Å². The molecule has 2 aromatic carbocycles. The zero-order valence-corrected chi connectivity index (χ0v) is 18.8. The van der Waals surface area contributed by atoms with Gasteiger partial charge in [0, 0.05) is 11.6 Å². The molecule has 5 nitrogen and oxygen atoms in total. The van der Waals surface area contributed by atoms with Gasteiger partial charge in [0.25, 0.3) is 11.5 Å². The van der Waals surface area contributed by atoms with Crippen LogP contribution in [-0.2, 0) is 0 Å². The Hall–Kier alpha value is -2.51. The van der Waals surface area contributed by atoms with Crippen LogP contribution in [0, 0.1) is 22.4 Å². The molecule has 1 fully saturated rings. The van der Waals surface area contributed by atoms with Crippen LogP contribution in [0.15, 0.2) is 41.2 Å². The smallest absolute Gasteiger partial charge is 0.266 e. The van der Waals surface area contributed by atoms with Gasteiger partial charge in [0.2, 0.25) is 0 Å². The molecule has 3 atom stereocenters. The minimum Gasteiger partial charge on any atom is -0.349 e. The highest BCUT2D eigenvalue weighted by atomic mass is 35.5. The summed E-state index contributed by atoms with van der Waals surface area (Å²) in [6.45, 7) is 4.40. The first-order valence-corrected chi connectivity index (χ1v) is 11.1. The number of halogens is 2. The molecule has 8 heteroatoms. The Kier molecular flexibility index (Phi) is 5.99. The van der Waals surface area contributed by atoms with Gasteiger partial charge < -0.3 is 10.3 Å². The SMILES string of the molecule is C[C@H]1[C@H](C)CCC[C@H]1NC(=O)c1ccc2c(=O)n(-c3ccc(F)c(Cl)c3)c(=S)[nH]c2c1.